The molecular formula is C24H19ClF2N2O2. The quantitative estimate of drug-likeness (QED) is 0.480. The summed E-state index contributed by atoms with van der Waals surface area (Å²) in [5, 5.41) is 7.22. The predicted octanol–water partition coefficient (Wildman–Crippen LogP) is 6.26. The Kier molecular flexibility index (Phi) is 5.02. The molecule has 0 unspecified atom stereocenters. The zero-order valence-corrected chi connectivity index (χ0v) is 17.4. The van der Waals surface area contributed by atoms with E-state index in [1.807, 2.05) is 37.3 Å². The van der Waals surface area contributed by atoms with E-state index in [9.17, 15) is 8.78 Å². The average Bonchev–Trinajstić information content (AvgIpc) is 3.22. The minimum Gasteiger partial charge on any atom is -0.494 e. The zero-order valence-electron chi connectivity index (χ0n) is 16.7. The van der Waals surface area contributed by atoms with Gasteiger partial charge in [-0.2, -0.15) is 5.10 Å². The van der Waals surface area contributed by atoms with Crippen LogP contribution in [-0.2, 0) is 0 Å². The van der Waals surface area contributed by atoms with Gasteiger partial charge in [-0.1, -0.05) is 17.7 Å². The molecule has 3 aromatic rings. The van der Waals surface area contributed by atoms with Crippen molar-refractivity contribution < 1.29 is 18.3 Å². The minimum atomic E-state index is -0.922. The van der Waals surface area contributed by atoms with Crippen molar-refractivity contribution in [2.24, 2.45) is 5.10 Å². The summed E-state index contributed by atoms with van der Waals surface area (Å²) in [4.78, 5) is 0. The van der Waals surface area contributed by atoms with E-state index in [1.165, 1.54) is 6.07 Å². The highest BCUT2D eigenvalue weighted by Gasteiger charge is 2.41. The molecular weight excluding hydrogens is 422 g/mol. The summed E-state index contributed by atoms with van der Waals surface area (Å²) < 4.78 is 39.2. The minimum absolute atomic E-state index is 0.137. The van der Waals surface area contributed by atoms with Gasteiger partial charge < -0.3 is 9.47 Å². The normalized spacial score (nSPS) is 19.4. The number of hydrazone groups is 1. The van der Waals surface area contributed by atoms with E-state index in [0.29, 0.717) is 29.4 Å². The lowest BCUT2D eigenvalue weighted by molar-refractivity contribution is -0.0192. The molecule has 0 bridgehead atoms. The summed E-state index contributed by atoms with van der Waals surface area (Å²) in [5.74, 6) is -0.371. The zero-order chi connectivity index (χ0) is 21.5. The highest BCUT2D eigenvalue weighted by atomic mass is 35.5. The molecule has 31 heavy (non-hydrogen) atoms. The molecule has 5 rings (SSSR count). The fraction of sp³-hybridized carbons (Fsp3) is 0.208. The lowest BCUT2D eigenvalue weighted by Crippen LogP contribution is -2.33. The number of hydrogen-bond donors (Lipinski definition) is 0. The summed E-state index contributed by atoms with van der Waals surface area (Å²) in [6.45, 7) is 2.54. The van der Waals surface area contributed by atoms with Gasteiger partial charge in [0.05, 0.1) is 18.4 Å². The summed E-state index contributed by atoms with van der Waals surface area (Å²) in [7, 11) is 0. The van der Waals surface area contributed by atoms with Crippen molar-refractivity contribution in [2.75, 3.05) is 6.61 Å². The van der Waals surface area contributed by atoms with Crippen molar-refractivity contribution in [3.63, 3.8) is 0 Å². The van der Waals surface area contributed by atoms with Gasteiger partial charge in [0.2, 0.25) is 6.23 Å². The molecule has 0 saturated carbocycles. The van der Waals surface area contributed by atoms with Crippen molar-refractivity contribution >= 4 is 17.3 Å². The Morgan fingerprint density at radius 3 is 2.61 bits per heavy atom. The maximum absolute atomic E-state index is 14.0. The molecule has 0 spiro atoms. The number of hydrogen-bond acceptors (Lipinski definition) is 4. The van der Waals surface area contributed by atoms with E-state index in [2.05, 4.69) is 0 Å². The molecule has 2 atom stereocenters. The summed E-state index contributed by atoms with van der Waals surface area (Å²) in [5.41, 5.74) is 3.24. The van der Waals surface area contributed by atoms with Crippen molar-refractivity contribution in [3.8, 4) is 11.5 Å². The van der Waals surface area contributed by atoms with Crippen molar-refractivity contribution in [3.05, 3.63) is 94.0 Å². The van der Waals surface area contributed by atoms with Gasteiger partial charge in [0, 0.05) is 22.6 Å². The molecule has 2 aliphatic heterocycles. The highest BCUT2D eigenvalue weighted by molar-refractivity contribution is 6.30. The summed E-state index contributed by atoms with van der Waals surface area (Å²) in [6, 6.07) is 16.8. The van der Waals surface area contributed by atoms with Crippen LogP contribution in [0.5, 0.6) is 11.5 Å². The number of nitrogens with zero attached hydrogens (tertiary/aromatic N) is 2. The van der Waals surface area contributed by atoms with Gasteiger partial charge in [0.1, 0.15) is 11.5 Å². The van der Waals surface area contributed by atoms with Gasteiger partial charge >= 0.3 is 0 Å². The number of fused-ring (bicyclic) bond motifs is 3. The van der Waals surface area contributed by atoms with Gasteiger partial charge in [0.25, 0.3) is 0 Å². The third kappa shape index (κ3) is 3.61. The van der Waals surface area contributed by atoms with Gasteiger partial charge in [-0.15, -0.1) is 0 Å². The first-order valence-electron chi connectivity index (χ1n) is 10.0. The fourth-order valence-electron chi connectivity index (χ4n) is 4.03. The molecule has 2 aliphatic rings. The van der Waals surface area contributed by atoms with Crippen LogP contribution in [0, 0.1) is 11.6 Å². The first-order chi connectivity index (χ1) is 15.0. The Bertz CT molecular complexity index is 1170. The van der Waals surface area contributed by atoms with Crippen LogP contribution in [0.2, 0.25) is 5.02 Å². The van der Waals surface area contributed by atoms with Crippen LogP contribution < -0.4 is 9.47 Å². The molecule has 0 radical (unpaired) electrons. The van der Waals surface area contributed by atoms with Crippen LogP contribution >= 0.6 is 11.6 Å². The van der Waals surface area contributed by atoms with Crippen molar-refractivity contribution in [1.82, 2.24) is 5.01 Å². The molecule has 0 N–H and O–H groups in total. The van der Waals surface area contributed by atoms with Crippen LogP contribution in [-0.4, -0.2) is 17.3 Å². The third-order valence-electron chi connectivity index (χ3n) is 5.48. The number of rotatable bonds is 4. The Labute approximate surface area is 183 Å². The standard InChI is InChI=1S/C24H19ClF2N2O2/c1-2-30-17-7-3-14(4-8-17)21-13-22-18-12-16(25)6-10-23(18)31-24(29(22)28-21)15-5-9-19(26)20(27)11-15/h3-12,22,24H,2,13H2,1H3/t22-,24-/m0/s1. The molecule has 7 heteroatoms. The first-order valence-corrected chi connectivity index (χ1v) is 10.4. The lowest BCUT2D eigenvalue weighted by atomic mass is 9.96. The Hall–Kier alpha value is -3.12. The van der Waals surface area contributed by atoms with Crippen LogP contribution in [0.3, 0.4) is 0 Å². The van der Waals surface area contributed by atoms with Crippen LogP contribution in [0.15, 0.2) is 65.8 Å². The van der Waals surface area contributed by atoms with Gasteiger partial charge in [0.15, 0.2) is 11.6 Å². The highest BCUT2D eigenvalue weighted by Crippen LogP contribution is 2.48. The van der Waals surface area contributed by atoms with E-state index in [4.69, 9.17) is 26.2 Å². The molecule has 0 amide bonds. The second-order valence-electron chi connectivity index (χ2n) is 7.43. The Morgan fingerprint density at radius 2 is 1.87 bits per heavy atom. The first kappa shape index (κ1) is 19.8. The molecule has 0 saturated heterocycles. The van der Waals surface area contributed by atoms with E-state index < -0.39 is 17.9 Å². The molecule has 4 nitrogen and oxygen atoms in total. The van der Waals surface area contributed by atoms with Crippen molar-refractivity contribution in [2.45, 2.75) is 25.6 Å². The maximum Gasteiger partial charge on any atom is 0.213 e. The molecule has 0 aromatic heterocycles. The van der Waals surface area contributed by atoms with Gasteiger partial charge in [-0.05, 0) is 67.1 Å². The van der Waals surface area contributed by atoms with Crippen LogP contribution in [0.4, 0.5) is 8.78 Å². The number of benzene rings is 3. The van der Waals surface area contributed by atoms with E-state index in [-0.39, 0.29) is 6.04 Å². The summed E-state index contributed by atoms with van der Waals surface area (Å²) >= 11 is 6.24. The van der Waals surface area contributed by atoms with Gasteiger partial charge in [-0.3, -0.25) is 0 Å². The Morgan fingerprint density at radius 1 is 1.06 bits per heavy atom. The van der Waals surface area contributed by atoms with Crippen LogP contribution in [0.1, 0.15) is 42.3 Å². The largest absolute Gasteiger partial charge is 0.494 e. The maximum atomic E-state index is 14.0. The second kappa shape index (κ2) is 7.85. The molecule has 0 aliphatic carbocycles. The lowest BCUT2D eigenvalue weighted by Gasteiger charge is -2.38. The van der Waals surface area contributed by atoms with E-state index in [0.717, 1.165) is 34.7 Å². The smallest absolute Gasteiger partial charge is 0.213 e. The summed E-state index contributed by atoms with van der Waals surface area (Å²) in [6.07, 6.45) is -0.0563. The fourth-order valence-corrected chi connectivity index (χ4v) is 4.21. The van der Waals surface area contributed by atoms with E-state index >= 15 is 0 Å². The molecule has 158 valence electrons. The van der Waals surface area contributed by atoms with E-state index in [1.54, 1.807) is 17.1 Å². The second-order valence-corrected chi connectivity index (χ2v) is 7.87. The Balaban J connectivity index is 1.55. The number of ether oxygens (including phenoxy) is 2. The predicted molar refractivity (Wildman–Crippen MR) is 115 cm³/mol. The van der Waals surface area contributed by atoms with Gasteiger partial charge in [-0.25, -0.2) is 13.8 Å². The SMILES string of the molecule is CCOc1ccc(C2=NN3[C@@H](C2)c2cc(Cl)ccc2O[C@H]3c2ccc(F)c(F)c2)cc1. The average molecular weight is 441 g/mol. The molecule has 0 fully saturated rings. The third-order valence-corrected chi connectivity index (χ3v) is 5.71. The number of halogens is 3. The molecule has 3 aromatic carbocycles. The van der Waals surface area contributed by atoms with Crippen LogP contribution in [0.25, 0.3) is 0 Å². The monoisotopic (exact) mass is 440 g/mol. The van der Waals surface area contributed by atoms with Crippen molar-refractivity contribution in [1.29, 1.82) is 0 Å². The topological polar surface area (TPSA) is 34.1 Å². The molecule has 2 heterocycles.